The lowest BCUT2D eigenvalue weighted by Crippen LogP contribution is -2.11. The normalized spacial score (nSPS) is 10.2. The van der Waals surface area contributed by atoms with E-state index in [0.29, 0.717) is 22.6 Å². The van der Waals surface area contributed by atoms with Crippen LogP contribution in [0.25, 0.3) is 11.1 Å². The molecule has 0 saturated carbocycles. The lowest BCUT2D eigenvalue weighted by atomic mass is 10.1. The molecule has 0 atom stereocenters. The summed E-state index contributed by atoms with van der Waals surface area (Å²) in [5.74, 6) is -1.52. The Morgan fingerprint density at radius 2 is 1.35 bits per heavy atom. The highest BCUT2D eigenvalue weighted by atomic mass is 127. The predicted molar refractivity (Wildman–Crippen MR) is 157 cm³/mol. The number of ether oxygens (including phenoxy) is 4. The van der Waals surface area contributed by atoms with Crippen LogP contribution >= 0.6 is 22.6 Å². The summed E-state index contributed by atoms with van der Waals surface area (Å²) in [6, 6.07) is 17.0. The van der Waals surface area contributed by atoms with Crippen LogP contribution in [-0.2, 0) is 25.6 Å². The van der Waals surface area contributed by atoms with E-state index in [1.54, 1.807) is 31.2 Å². The van der Waals surface area contributed by atoms with E-state index in [2.05, 4.69) is 42.3 Å². The van der Waals surface area contributed by atoms with Crippen LogP contribution in [0.15, 0.2) is 98.1 Å². The Kier molecular flexibility index (Phi) is 10.5. The quantitative estimate of drug-likeness (QED) is 0.105. The van der Waals surface area contributed by atoms with Crippen LogP contribution in [0.3, 0.4) is 0 Å². The molecule has 3 aromatic rings. The fraction of sp³-hybridized carbons (Fsp3) is 0.0968. The number of aryl methyl sites for hydroxylation is 1. The van der Waals surface area contributed by atoms with Gasteiger partial charge in [-0.3, -0.25) is 4.79 Å². The minimum atomic E-state index is -0.729. The van der Waals surface area contributed by atoms with E-state index in [1.165, 1.54) is 12.1 Å². The lowest BCUT2D eigenvalue weighted by molar-refractivity contribution is -0.134. The van der Waals surface area contributed by atoms with Gasteiger partial charge in [0.2, 0.25) is 0 Å². The van der Waals surface area contributed by atoms with E-state index < -0.39 is 23.9 Å². The molecule has 204 valence electrons. The summed E-state index contributed by atoms with van der Waals surface area (Å²) in [7, 11) is 0. The number of hydrogen-bond acceptors (Lipinski definition) is 8. The van der Waals surface area contributed by atoms with Crippen LogP contribution < -0.4 is 18.9 Å². The second-order valence-electron chi connectivity index (χ2n) is 8.35. The van der Waals surface area contributed by atoms with E-state index in [-0.39, 0.29) is 24.3 Å². The molecule has 0 radical (unpaired) electrons. The van der Waals surface area contributed by atoms with Crippen molar-refractivity contribution in [3.63, 3.8) is 0 Å². The maximum absolute atomic E-state index is 12.6. The first-order chi connectivity index (χ1) is 19.1. The van der Waals surface area contributed by atoms with Crippen molar-refractivity contribution in [2.45, 2.75) is 19.8 Å². The molecule has 0 bridgehead atoms. The van der Waals surface area contributed by atoms with Crippen molar-refractivity contribution in [1.82, 2.24) is 0 Å². The summed E-state index contributed by atoms with van der Waals surface area (Å²) in [5.41, 5.74) is 2.75. The zero-order valence-electron chi connectivity index (χ0n) is 21.6. The molecule has 0 amide bonds. The Labute approximate surface area is 245 Å². The molecule has 40 heavy (non-hydrogen) atoms. The highest BCUT2D eigenvalue weighted by molar-refractivity contribution is 14.1. The Morgan fingerprint density at radius 1 is 0.750 bits per heavy atom. The predicted octanol–water partition coefficient (Wildman–Crippen LogP) is 6.16. The monoisotopic (exact) mass is 652 g/mol. The zero-order chi connectivity index (χ0) is 29.2. The van der Waals surface area contributed by atoms with Gasteiger partial charge in [0.25, 0.3) is 0 Å². The molecule has 8 nitrogen and oxygen atoms in total. The van der Waals surface area contributed by atoms with Gasteiger partial charge in [0.05, 0.1) is 3.57 Å². The molecule has 0 aromatic heterocycles. The van der Waals surface area contributed by atoms with Crippen LogP contribution in [0, 0.1) is 3.57 Å². The fourth-order valence-electron chi connectivity index (χ4n) is 3.26. The number of benzene rings is 3. The summed E-state index contributed by atoms with van der Waals surface area (Å²) in [6.07, 6.45) is 2.29. The van der Waals surface area contributed by atoms with Crippen LogP contribution in [0.4, 0.5) is 0 Å². The molecule has 0 aliphatic carbocycles. The summed E-state index contributed by atoms with van der Waals surface area (Å²) in [4.78, 5) is 47.5. The number of esters is 4. The molecule has 9 heteroatoms. The van der Waals surface area contributed by atoms with E-state index in [9.17, 15) is 19.2 Å². The van der Waals surface area contributed by atoms with Crippen molar-refractivity contribution in [2.75, 3.05) is 0 Å². The van der Waals surface area contributed by atoms with Gasteiger partial charge >= 0.3 is 23.9 Å². The van der Waals surface area contributed by atoms with Gasteiger partial charge in [-0.2, -0.15) is 0 Å². The maximum Gasteiger partial charge on any atom is 0.338 e. The Morgan fingerprint density at radius 3 is 1.95 bits per heavy atom. The zero-order valence-corrected chi connectivity index (χ0v) is 23.8. The summed E-state index contributed by atoms with van der Waals surface area (Å²) in [5, 5.41) is 0. The molecule has 3 aromatic carbocycles. The van der Waals surface area contributed by atoms with Gasteiger partial charge < -0.3 is 18.9 Å². The average molecular weight is 652 g/mol. The Hall–Kier alpha value is -4.51. The summed E-state index contributed by atoms with van der Waals surface area (Å²) >= 11 is 2.09. The molecule has 0 unspecified atom stereocenters. The van der Waals surface area contributed by atoms with Crippen LogP contribution in [0.5, 0.6) is 23.0 Å². The van der Waals surface area contributed by atoms with Crippen molar-refractivity contribution in [2.24, 2.45) is 0 Å². The van der Waals surface area contributed by atoms with E-state index in [0.717, 1.165) is 26.8 Å². The lowest BCUT2D eigenvalue weighted by Gasteiger charge is -2.11. The number of carbonyl (C=O) groups is 4. The molecular weight excluding hydrogens is 627 g/mol. The van der Waals surface area contributed by atoms with E-state index in [1.807, 2.05) is 24.3 Å². The molecular formula is C31H25IO8. The number of carbonyl (C=O) groups excluding carboxylic acids is 4. The van der Waals surface area contributed by atoms with Crippen molar-refractivity contribution in [3.8, 4) is 34.1 Å². The Bertz CT molecular complexity index is 1490. The first-order valence-corrected chi connectivity index (χ1v) is 13.0. The molecule has 0 saturated heterocycles. The molecule has 0 fully saturated rings. The van der Waals surface area contributed by atoms with Crippen LogP contribution in [0.2, 0.25) is 0 Å². The van der Waals surface area contributed by atoms with Gasteiger partial charge in [-0.15, -0.1) is 0 Å². The minimum Gasteiger partial charge on any atom is -0.425 e. The van der Waals surface area contributed by atoms with Gasteiger partial charge in [-0.25, -0.2) is 14.4 Å². The molecule has 0 heterocycles. The smallest absolute Gasteiger partial charge is 0.338 e. The molecule has 0 N–H and O–H groups in total. The standard InChI is InChI=1S/C31H25IO8/c1-5-28(33)39-26-14-7-20(17-27(26)40-29(34)6-2)8-16-30(35)38-25-15-11-22(18-24(25)32)21-9-12-23(13-10-21)37-31(36)19(3)4/h5-7,9-15,17-18H,1-3,8,16H2,4H3. The van der Waals surface area contributed by atoms with Gasteiger partial charge in [0.15, 0.2) is 11.5 Å². The van der Waals surface area contributed by atoms with Crippen molar-refractivity contribution < 1.29 is 38.1 Å². The van der Waals surface area contributed by atoms with Crippen LogP contribution in [-0.4, -0.2) is 23.9 Å². The number of halogens is 1. The summed E-state index contributed by atoms with van der Waals surface area (Å²) in [6.45, 7) is 11.8. The first-order valence-electron chi connectivity index (χ1n) is 11.9. The summed E-state index contributed by atoms with van der Waals surface area (Å²) < 4.78 is 21.8. The number of hydrogen-bond donors (Lipinski definition) is 0. The van der Waals surface area contributed by atoms with E-state index in [4.69, 9.17) is 18.9 Å². The first kappa shape index (κ1) is 30.0. The van der Waals surface area contributed by atoms with Gasteiger partial charge in [-0.1, -0.05) is 44.0 Å². The van der Waals surface area contributed by atoms with Gasteiger partial charge in [0.1, 0.15) is 11.5 Å². The third-order valence-electron chi connectivity index (χ3n) is 5.28. The highest BCUT2D eigenvalue weighted by Crippen LogP contribution is 2.31. The van der Waals surface area contributed by atoms with Crippen LogP contribution in [0.1, 0.15) is 18.9 Å². The molecule has 0 aliphatic rings. The fourth-order valence-corrected chi connectivity index (χ4v) is 3.89. The Balaban J connectivity index is 1.64. The van der Waals surface area contributed by atoms with E-state index >= 15 is 0 Å². The second-order valence-corrected chi connectivity index (χ2v) is 9.51. The largest absolute Gasteiger partial charge is 0.425 e. The number of rotatable bonds is 11. The third-order valence-corrected chi connectivity index (χ3v) is 6.13. The topological polar surface area (TPSA) is 105 Å². The second kappa shape index (κ2) is 14.0. The third kappa shape index (κ3) is 8.50. The molecule has 0 aliphatic heterocycles. The molecule has 0 spiro atoms. The van der Waals surface area contributed by atoms with Gasteiger partial charge in [-0.05, 0) is 89.0 Å². The van der Waals surface area contributed by atoms with Crippen molar-refractivity contribution in [3.05, 3.63) is 107 Å². The average Bonchev–Trinajstić information content (AvgIpc) is 2.94. The SMILES string of the molecule is C=CC(=O)Oc1ccc(CCC(=O)Oc2ccc(-c3ccc(OC(=O)C(=C)C)cc3)cc2I)cc1OC(=O)C=C. The van der Waals surface area contributed by atoms with Crippen molar-refractivity contribution in [1.29, 1.82) is 0 Å². The maximum atomic E-state index is 12.6. The van der Waals surface area contributed by atoms with Gasteiger partial charge in [0, 0.05) is 24.1 Å². The molecule has 3 rings (SSSR count). The van der Waals surface area contributed by atoms with Crippen molar-refractivity contribution >= 4 is 46.5 Å². The highest BCUT2D eigenvalue weighted by Gasteiger charge is 2.15. The minimum absolute atomic E-state index is 0.0121.